The maximum Gasteiger partial charge on any atom is 0.123 e. The second kappa shape index (κ2) is 13.4. The van der Waals surface area contributed by atoms with Crippen molar-refractivity contribution in [2.45, 2.75) is 31.7 Å². The highest BCUT2D eigenvalue weighted by atomic mass is 16.5. The number of ether oxygens (including phenoxy) is 2. The Morgan fingerprint density at radius 3 is 2.24 bits per heavy atom. The third-order valence-electron chi connectivity index (χ3n) is 6.00. The second-order valence-corrected chi connectivity index (χ2v) is 8.88. The van der Waals surface area contributed by atoms with Gasteiger partial charge in [0.15, 0.2) is 0 Å². The molecule has 190 valence electrons. The number of aliphatic hydroxyl groups is 2. The Hall–Kier alpha value is -3.86. The van der Waals surface area contributed by atoms with Gasteiger partial charge in [0, 0.05) is 23.8 Å². The summed E-state index contributed by atoms with van der Waals surface area (Å²) in [6, 6.07) is 30.1. The fraction of sp³-hybridized carbons (Fsp3) is 0.219. The van der Waals surface area contributed by atoms with Crippen molar-refractivity contribution in [1.82, 2.24) is 0 Å². The van der Waals surface area contributed by atoms with E-state index < -0.39 is 12.2 Å². The molecule has 0 aromatic heterocycles. The van der Waals surface area contributed by atoms with Crippen LogP contribution in [-0.4, -0.2) is 34.6 Å². The van der Waals surface area contributed by atoms with Crippen LogP contribution in [0.3, 0.4) is 0 Å². The minimum atomic E-state index is -0.770. The molecule has 0 aliphatic carbocycles. The third kappa shape index (κ3) is 7.81. The molecule has 0 radical (unpaired) electrons. The lowest BCUT2D eigenvalue weighted by molar-refractivity contribution is 0.0280. The van der Waals surface area contributed by atoms with Crippen LogP contribution >= 0.6 is 0 Å². The molecular formula is C32H32O5. The summed E-state index contributed by atoms with van der Waals surface area (Å²) < 4.78 is 11.6. The molecule has 0 aliphatic rings. The zero-order valence-corrected chi connectivity index (χ0v) is 20.7. The molecule has 4 rings (SSSR count). The van der Waals surface area contributed by atoms with E-state index in [9.17, 15) is 15.3 Å². The van der Waals surface area contributed by atoms with Gasteiger partial charge in [0.1, 0.15) is 18.1 Å². The Morgan fingerprint density at radius 1 is 0.811 bits per heavy atom. The molecule has 0 fully saturated rings. The maximum atomic E-state index is 10.9. The molecule has 0 heterocycles. The van der Waals surface area contributed by atoms with Gasteiger partial charge in [0.2, 0.25) is 0 Å². The number of aliphatic hydroxyl groups excluding tert-OH is 2. The molecule has 0 saturated carbocycles. The van der Waals surface area contributed by atoms with Crippen LogP contribution in [-0.2, 0) is 11.3 Å². The van der Waals surface area contributed by atoms with Crippen molar-refractivity contribution in [3.8, 4) is 11.5 Å². The second-order valence-electron chi connectivity index (χ2n) is 8.88. The molecule has 0 bridgehead atoms. The summed E-state index contributed by atoms with van der Waals surface area (Å²) in [6.07, 6.45) is 0.937. The van der Waals surface area contributed by atoms with E-state index >= 15 is 0 Å². The third-order valence-corrected chi connectivity index (χ3v) is 6.00. The van der Waals surface area contributed by atoms with Crippen molar-refractivity contribution >= 4 is 10.8 Å². The normalized spacial score (nSPS) is 12.5. The number of rotatable bonds is 12. The quantitative estimate of drug-likeness (QED) is 0.207. The topological polar surface area (TPSA) is 79.2 Å². The van der Waals surface area contributed by atoms with E-state index in [0.717, 1.165) is 27.8 Å². The highest BCUT2D eigenvalue weighted by Crippen LogP contribution is 2.32. The lowest BCUT2D eigenvalue weighted by Gasteiger charge is -2.14. The first-order valence-corrected chi connectivity index (χ1v) is 12.4. The van der Waals surface area contributed by atoms with Crippen molar-refractivity contribution < 1.29 is 24.8 Å². The first-order chi connectivity index (χ1) is 18.1. The monoisotopic (exact) mass is 496 g/mol. The largest absolute Gasteiger partial charge is 0.507 e. The molecule has 3 N–H and O–H groups in total. The van der Waals surface area contributed by atoms with Crippen molar-refractivity contribution in [3.05, 3.63) is 126 Å². The summed E-state index contributed by atoms with van der Waals surface area (Å²) in [5.41, 5.74) is 5.79. The predicted molar refractivity (Wildman–Crippen MR) is 145 cm³/mol. The number of aromatic hydroxyl groups is 1. The number of phenols is 1. The summed E-state index contributed by atoms with van der Waals surface area (Å²) in [5.74, 6) is 0.915. The summed E-state index contributed by atoms with van der Waals surface area (Å²) >= 11 is 0. The zero-order chi connectivity index (χ0) is 25.9. The molecule has 4 aromatic carbocycles. The van der Waals surface area contributed by atoms with E-state index in [0.29, 0.717) is 24.8 Å². The van der Waals surface area contributed by atoms with Gasteiger partial charge in [-0.05, 0) is 40.8 Å². The lowest BCUT2D eigenvalue weighted by atomic mass is 9.98. The van der Waals surface area contributed by atoms with Gasteiger partial charge < -0.3 is 24.8 Å². The number of hydrogen-bond donors (Lipinski definition) is 3. The Kier molecular flexibility index (Phi) is 9.53. The Bertz CT molecular complexity index is 1330. The summed E-state index contributed by atoms with van der Waals surface area (Å²) in [6.45, 7) is 0.877. The summed E-state index contributed by atoms with van der Waals surface area (Å²) in [5, 5.41) is 33.1. The number of fused-ring (bicyclic) bond motifs is 1. The molecule has 0 saturated heterocycles. The fourth-order valence-corrected chi connectivity index (χ4v) is 4.12. The molecular weight excluding hydrogens is 464 g/mol. The lowest BCUT2D eigenvalue weighted by Crippen LogP contribution is -2.18. The van der Waals surface area contributed by atoms with Crippen molar-refractivity contribution in [2.24, 2.45) is 0 Å². The minimum Gasteiger partial charge on any atom is -0.507 e. The Labute approximate surface area is 217 Å². The molecule has 37 heavy (non-hydrogen) atoms. The van der Waals surface area contributed by atoms with E-state index in [4.69, 9.17) is 9.47 Å². The molecule has 0 aliphatic heterocycles. The van der Waals surface area contributed by atoms with Crippen LogP contribution in [0.4, 0.5) is 0 Å². The molecule has 5 nitrogen and oxygen atoms in total. The maximum absolute atomic E-state index is 10.9. The van der Waals surface area contributed by atoms with Crippen molar-refractivity contribution in [2.75, 3.05) is 13.2 Å². The van der Waals surface area contributed by atoms with E-state index in [-0.39, 0.29) is 19.0 Å². The van der Waals surface area contributed by atoms with Crippen LogP contribution in [0.25, 0.3) is 10.8 Å². The van der Waals surface area contributed by atoms with Crippen LogP contribution in [0.2, 0.25) is 0 Å². The van der Waals surface area contributed by atoms with Gasteiger partial charge >= 0.3 is 0 Å². The van der Waals surface area contributed by atoms with E-state index in [1.54, 1.807) is 18.2 Å². The minimum absolute atomic E-state index is 0.186. The van der Waals surface area contributed by atoms with Crippen LogP contribution in [0.5, 0.6) is 11.5 Å². The van der Waals surface area contributed by atoms with Gasteiger partial charge in [0.25, 0.3) is 0 Å². The Balaban J connectivity index is 1.43. The molecule has 2 atom stereocenters. The van der Waals surface area contributed by atoms with E-state index in [1.165, 1.54) is 0 Å². The number of benzene rings is 4. The van der Waals surface area contributed by atoms with Gasteiger partial charge in [-0.3, -0.25) is 0 Å². The fourth-order valence-electron chi connectivity index (χ4n) is 4.12. The predicted octanol–water partition coefficient (Wildman–Crippen LogP) is 6.10. The van der Waals surface area contributed by atoms with Gasteiger partial charge in [-0.15, -0.1) is 5.73 Å². The van der Waals surface area contributed by atoms with Gasteiger partial charge in [0.05, 0.1) is 25.4 Å². The first-order valence-electron chi connectivity index (χ1n) is 12.4. The summed E-state index contributed by atoms with van der Waals surface area (Å²) in [4.78, 5) is 0. The van der Waals surface area contributed by atoms with Crippen LogP contribution in [0, 0.1) is 0 Å². The SMILES string of the molecule is Oc1ccc([C@H](O)CC=C=C(COc2ccccc2)C[C@@H](O)COCc2ccccc2)c2ccccc12. The average Bonchev–Trinajstić information content (AvgIpc) is 2.93. The van der Waals surface area contributed by atoms with Gasteiger partial charge in [-0.1, -0.05) is 78.9 Å². The molecule has 4 aromatic rings. The number of phenolic OH excluding ortho intramolecular Hbond substituents is 1. The molecule has 5 heteroatoms. The molecule has 0 spiro atoms. The first kappa shape index (κ1) is 26.2. The van der Waals surface area contributed by atoms with Crippen LogP contribution < -0.4 is 4.74 Å². The van der Waals surface area contributed by atoms with E-state index in [1.807, 2.05) is 84.9 Å². The van der Waals surface area contributed by atoms with Gasteiger partial charge in [-0.2, -0.15) is 0 Å². The molecule has 0 unspecified atom stereocenters. The molecule has 0 amide bonds. The van der Waals surface area contributed by atoms with Gasteiger partial charge in [-0.25, -0.2) is 0 Å². The number of para-hydroxylation sites is 1. The average molecular weight is 497 g/mol. The number of hydrogen-bond acceptors (Lipinski definition) is 5. The summed E-state index contributed by atoms with van der Waals surface area (Å²) in [7, 11) is 0. The van der Waals surface area contributed by atoms with E-state index in [2.05, 4.69) is 5.73 Å². The van der Waals surface area contributed by atoms with Crippen molar-refractivity contribution in [3.63, 3.8) is 0 Å². The zero-order valence-electron chi connectivity index (χ0n) is 20.7. The highest BCUT2D eigenvalue weighted by molar-refractivity contribution is 5.91. The van der Waals surface area contributed by atoms with Crippen LogP contribution in [0.15, 0.2) is 114 Å². The van der Waals surface area contributed by atoms with Crippen LogP contribution in [0.1, 0.15) is 30.1 Å². The van der Waals surface area contributed by atoms with Crippen molar-refractivity contribution in [1.29, 1.82) is 0 Å². The Morgan fingerprint density at radius 2 is 1.49 bits per heavy atom. The highest BCUT2D eigenvalue weighted by Gasteiger charge is 2.13. The smallest absolute Gasteiger partial charge is 0.123 e. The standard InChI is InChI=1S/C32H32O5/c33-26(23-36-21-24-10-3-1-4-11-24)20-25(22-37-27-13-5-2-6-14-27)12-9-17-31(34)30-18-19-32(35)29-16-8-7-15-28(29)30/h1-11,13-16,18-19,26,31,33-35H,17,20-23H2/t12?,26-,31-/m1/s1.